The van der Waals surface area contributed by atoms with Crippen molar-refractivity contribution < 1.29 is 0 Å². The molecule has 0 aliphatic rings. The second kappa shape index (κ2) is 7.52. The lowest BCUT2D eigenvalue weighted by molar-refractivity contribution is 0.442. The zero-order valence-corrected chi connectivity index (χ0v) is 15.0. The second-order valence-corrected chi connectivity index (χ2v) is 13.2. The van der Waals surface area contributed by atoms with Gasteiger partial charge < -0.3 is 0 Å². The third kappa shape index (κ3) is 4.91. The molecular weight excluding hydrogens is 232 g/mol. The Balaban J connectivity index is 4.90. The van der Waals surface area contributed by atoms with E-state index in [2.05, 4.69) is 60.4 Å². The zero-order valence-electron chi connectivity index (χ0n) is 14.0. The largest absolute Gasteiger partial charge is 0.103 e. The average Bonchev–Trinajstić information content (AvgIpc) is 2.25. The van der Waals surface area contributed by atoms with Crippen molar-refractivity contribution in [2.45, 2.75) is 90.4 Å². The highest BCUT2D eigenvalue weighted by Gasteiger charge is 2.43. The Hall–Kier alpha value is -0.0431. The molecule has 18 heavy (non-hydrogen) atoms. The summed E-state index contributed by atoms with van der Waals surface area (Å²) in [6, 6.07) is 0. The molecular formula is C17H36Si. The summed E-state index contributed by atoms with van der Waals surface area (Å²) in [7, 11) is -1.22. The summed E-state index contributed by atoms with van der Waals surface area (Å²) >= 11 is 0. The summed E-state index contributed by atoms with van der Waals surface area (Å²) in [4.78, 5) is 0. The lowest BCUT2D eigenvalue weighted by atomic mass is 9.97. The molecule has 0 amide bonds. The van der Waals surface area contributed by atoms with Crippen LogP contribution in [0, 0.1) is 5.92 Å². The summed E-state index contributed by atoms with van der Waals surface area (Å²) < 4.78 is 0. The van der Waals surface area contributed by atoms with Gasteiger partial charge in [-0.25, -0.2) is 0 Å². The summed E-state index contributed by atoms with van der Waals surface area (Å²) in [6.45, 7) is 21.3. The van der Waals surface area contributed by atoms with Crippen LogP contribution in [0.1, 0.15) is 66.7 Å². The van der Waals surface area contributed by atoms with Gasteiger partial charge in [0.2, 0.25) is 0 Å². The SMILES string of the molecule is C=CCC[C@@H](C)[C@H](CCCC)[Si](C)(C)C(C)(C)C. The molecule has 0 spiro atoms. The van der Waals surface area contributed by atoms with E-state index in [0.29, 0.717) is 5.04 Å². The standard InChI is InChI=1S/C17H36Si/c1-9-11-13-15(3)16(14-12-10-2)18(7,8)17(4,5)6/h9,15-16H,1,10-14H2,2-8H3/t15-,16+/m1/s1. The molecule has 0 aromatic heterocycles. The van der Waals surface area contributed by atoms with Gasteiger partial charge >= 0.3 is 0 Å². The molecule has 0 aromatic rings. The third-order valence-electron chi connectivity index (χ3n) is 5.24. The van der Waals surface area contributed by atoms with E-state index < -0.39 is 8.07 Å². The lowest BCUT2D eigenvalue weighted by Crippen LogP contribution is -2.44. The first-order chi connectivity index (χ1) is 8.18. The molecule has 0 rings (SSSR count). The van der Waals surface area contributed by atoms with Gasteiger partial charge in [-0.3, -0.25) is 0 Å². The molecule has 0 saturated carbocycles. The minimum atomic E-state index is -1.22. The van der Waals surface area contributed by atoms with E-state index in [0.717, 1.165) is 11.5 Å². The summed E-state index contributed by atoms with van der Waals surface area (Å²) in [5.74, 6) is 0.857. The molecule has 0 aliphatic heterocycles. The molecule has 0 nitrogen and oxygen atoms in total. The highest BCUT2D eigenvalue weighted by molar-refractivity contribution is 6.81. The van der Waals surface area contributed by atoms with Crippen molar-refractivity contribution >= 4 is 8.07 Å². The van der Waals surface area contributed by atoms with Gasteiger partial charge in [0.15, 0.2) is 0 Å². The Morgan fingerprint density at radius 1 is 1.17 bits per heavy atom. The van der Waals surface area contributed by atoms with E-state index in [4.69, 9.17) is 0 Å². The summed E-state index contributed by atoms with van der Waals surface area (Å²) in [5.41, 5.74) is 0.956. The van der Waals surface area contributed by atoms with Crippen LogP contribution in [0.5, 0.6) is 0 Å². The molecule has 0 aliphatic carbocycles. The maximum absolute atomic E-state index is 3.88. The van der Waals surface area contributed by atoms with Gasteiger partial charge in [0.25, 0.3) is 0 Å². The predicted molar refractivity (Wildman–Crippen MR) is 89.1 cm³/mol. The van der Waals surface area contributed by atoms with Crippen LogP contribution in [0.4, 0.5) is 0 Å². The van der Waals surface area contributed by atoms with Crippen LogP contribution in [0.25, 0.3) is 0 Å². The molecule has 0 heterocycles. The van der Waals surface area contributed by atoms with E-state index in [9.17, 15) is 0 Å². The van der Waals surface area contributed by atoms with Gasteiger partial charge in [0.05, 0.1) is 8.07 Å². The van der Waals surface area contributed by atoms with E-state index in [-0.39, 0.29) is 0 Å². The number of hydrogen-bond acceptors (Lipinski definition) is 0. The van der Waals surface area contributed by atoms with Gasteiger partial charge in [-0.1, -0.05) is 73.1 Å². The Bertz CT molecular complexity index is 234. The fourth-order valence-corrected chi connectivity index (χ4v) is 6.55. The van der Waals surface area contributed by atoms with E-state index in [1.54, 1.807) is 0 Å². The molecule has 0 aromatic carbocycles. The van der Waals surface area contributed by atoms with Gasteiger partial charge in [-0.15, -0.1) is 6.58 Å². The fourth-order valence-electron chi connectivity index (χ4n) is 2.92. The van der Waals surface area contributed by atoms with Gasteiger partial charge in [0, 0.05) is 0 Å². The van der Waals surface area contributed by atoms with Crippen molar-refractivity contribution in [3.8, 4) is 0 Å². The molecule has 0 fully saturated rings. The Morgan fingerprint density at radius 3 is 2.11 bits per heavy atom. The van der Waals surface area contributed by atoms with Crippen molar-refractivity contribution in [3.63, 3.8) is 0 Å². The van der Waals surface area contributed by atoms with Crippen LogP contribution < -0.4 is 0 Å². The van der Waals surface area contributed by atoms with E-state index in [1.165, 1.54) is 32.1 Å². The Morgan fingerprint density at radius 2 is 1.72 bits per heavy atom. The second-order valence-electron chi connectivity index (χ2n) is 7.56. The third-order valence-corrected chi connectivity index (χ3v) is 11.8. The molecule has 2 atom stereocenters. The molecule has 0 unspecified atom stereocenters. The minimum absolute atomic E-state index is 0.508. The normalized spacial score (nSPS) is 16.4. The van der Waals surface area contributed by atoms with Crippen LogP contribution in [0.2, 0.25) is 23.7 Å². The fraction of sp³-hybridized carbons (Fsp3) is 0.882. The van der Waals surface area contributed by atoms with Crippen LogP contribution >= 0.6 is 0 Å². The van der Waals surface area contributed by atoms with Crippen LogP contribution in [-0.2, 0) is 0 Å². The van der Waals surface area contributed by atoms with Gasteiger partial charge in [-0.2, -0.15) is 0 Å². The highest BCUT2D eigenvalue weighted by atomic mass is 28.3. The number of unbranched alkanes of at least 4 members (excludes halogenated alkanes) is 1. The lowest BCUT2D eigenvalue weighted by Gasteiger charge is -2.46. The van der Waals surface area contributed by atoms with Crippen LogP contribution in [0.3, 0.4) is 0 Å². The first-order valence-corrected chi connectivity index (χ1v) is 10.9. The zero-order chi connectivity index (χ0) is 14.4. The molecule has 1 heteroatoms. The van der Waals surface area contributed by atoms with Crippen molar-refractivity contribution in [1.82, 2.24) is 0 Å². The topological polar surface area (TPSA) is 0 Å². The molecule has 0 bridgehead atoms. The van der Waals surface area contributed by atoms with Crippen LogP contribution in [0.15, 0.2) is 12.7 Å². The summed E-state index contributed by atoms with van der Waals surface area (Å²) in [6.07, 6.45) is 8.75. The van der Waals surface area contributed by atoms with Crippen molar-refractivity contribution in [1.29, 1.82) is 0 Å². The number of hydrogen-bond donors (Lipinski definition) is 0. The number of rotatable bonds is 8. The van der Waals surface area contributed by atoms with Crippen molar-refractivity contribution in [2.75, 3.05) is 0 Å². The average molecular weight is 269 g/mol. The van der Waals surface area contributed by atoms with Crippen LogP contribution in [-0.4, -0.2) is 8.07 Å². The van der Waals surface area contributed by atoms with E-state index in [1.807, 2.05) is 0 Å². The summed E-state index contributed by atoms with van der Waals surface area (Å²) in [5, 5.41) is 0.508. The quantitative estimate of drug-likeness (QED) is 0.341. The Labute approximate surface area is 117 Å². The monoisotopic (exact) mass is 268 g/mol. The highest BCUT2D eigenvalue weighted by Crippen LogP contribution is 2.49. The predicted octanol–water partition coefficient (Wildman–Crippen LogP) is 6.66. The van der Waals surface area contributed by atoms with Gasteiger partial charge in [0.1, 0.15) is 0 Å². The van der Waals surface area contributed by atoms with E-state index >= 15 is 0 Å². The molecule has 0 saturated heterocycles. The number of allylic oxidation sites excluding steroid dienone is 1. The molecule has 0 radical (unpaired) electrons. The molecule has 0 N–H and O–H groups in total. The maximum atomic E-state index is 3.88. The first kappa shape index (κ1) is 18.0. The van der Waals surface area contributed by atoms with Gasteiger partial charge in [-0.05, 0) is 29.3 Å². The minimum Gasteiger partial charge on any atom is -0.103 e. The molecule has 108 valence electrons. The Kier molecular flexibility index (Phi) is 7.50. The smallest absolute Gasteiger partial charge is 0.0561 e. The first-order valence-electron chi connectivity index (χ1n) is 7.79. The van der Waals surface area contributed by atoms with Crippen molar-refractivity contribution in [3.05, 3.63) is 12.7 Å². The van der Waals surface area contributed by atoms with Crippen molar-refractivity contribution in [2.24, 2.45) is 5.92 Å². The maximum Gasteiger partial charge on any atom is 0.0561 e.